The summed E-state index contributed by atoms with van der Waals surface area (Å²) >= 11 is 0. The van der Waals surface area contributed by atoms with Gasteiger partial charge in [-0.15, -0.1) is 0 Å². The summed E-state index contributed by atoms with van der Waals surface area (Å²) in [5.74, 6) is 1.87. The van der Waals surface area contributed by atoms with E-state index in [0.29, 0.717) is 0 Å². The van der Waals surface area contributed by atoms with Crippen molar-refractivity contribution in [2.24, 2.45) is 11.8 Å². The van der Waals surface area contributed by atoms with Gasteiger partial charge in [0.15, 0.2) is 0 Å². The average molecular weight is 213 g/mol. The van der Waals surface area contributed by atoms with Crippen molar-refractivity contribution in [2.45, 2.75) is 65.7 Å². The summed E-state index contributed by atoms with van der Waals surface area (Å²) in [7, 11) is 2.08. The Hall–Kier alpha value is -0.0400. The molecule has 0 amide bonds. The minimum atomic E-state index is 0.904. The quantitative estimate of drug-likeness (QED) is 0.572. The van der Waals surface area contributed by atoms with Gasteiger partial charge in [-0.2, -0.15) is 0 Å². The summed E-state index contributed by atoms with van der Waals surface area (Å²) in [5, 5.41) is 3.34. The first-order valence-electron chi connectivity index (χ1n) is 6.92. The lowest BCUT2D eigenvalue weighted by Crippen LogP contribution is -2.21. The van der Waals surface area contributed by atoms with Crippen LogP contribution < -0.4 is 5.32 Å². The Balaban J connectivity index is 3.85. The molecule has 92 valence electrons. The molecule has 0 bridgehead atoms. The second-order valence-electron chi connectivity index (χ2n) is 4.86. The number of unbranched alkanes of at least 4 members (excludes halogenated alkanes) is 1. The van der Waals surface area contributed by atoms with E-state index in [1.54, 1.807) is 0 Å². The van der Waals surface area contributed by atoms with E-state index >= 15 is 0 Å². The molecular weight excluding hydrogens is 182 g/mol. The van der Waals surface area contributed by atoms with E-state index in [1.165, 1.54) is 51.5 Å². The van der Waals surface area contributed by atoms with Crippen molar-refractivity contribution >= 4 is 0 Å². The zero-order chi connectivity index (χ0) is 11.5. The molecule has 0 spiro atoms. The minimum Gasteiger partial charge on any atom is -0.319 e. The van der Waals surface area contributed by atoms with Gasteiger partial charge in [-0.05, 0) is 38.3 Å². The predicted molar refractivity (Wildman–Crippen MR) is 70.2 cm³/mol. The van der Waals surface area contributed by atoms with Gasteiger partial charge in [0.05, 0.1) is 0 Å². The van der Waals surface area contributed by atoms with Gasteiger partial charge in [-0.1, -0.05) is 52.9 Å². The number of hydrogen-bond acceptors (Lipinski definition) is 1. The van der Waals surface area contributed by atoms with Crippen LogP contribution in [0.3, 0.4) is 0 Å². The lowest BCUT2D eigenvalue weighted by Gasteiger charge is -2.22. The maximum atomic E-state index is 3.34. The van der Waals surface area contributed by atoms with E-state index in [4.69, 9.17) is 0 Å². The third-order valence-electron chi connectivity index (χ3n) is 3.40. The second-order valence-corrected chi connectivity index (χ2v) is 4.86. The molecule has 2 unspecified atom stereocenters. The first-order valence-corrected chi connectivity index (χ1v) is 6.92. The van der Waals surface area contributed by atoms with E-state index in [0.717, 1.165) is 11.8 Å². The Kier molecular flexibility index (Phi) is 10.4. The molecule has 0 saturated carbocycles. The molecular formula is C14H31N. The third-order valence-corrected chi connectivity index (χ3v) is 3.40. The SMILES string of the molecule is CCCCC(CC)CC(CCC)CNC. The van der Waals surface area contributed by atoms with Crippen molar-refractivity contribution in [3.05, 3.63) is 0 Å². The summed E-state index contributed by atoms with van der Waals surface area (Å²) in [5.41, 5.74) is 0. The van der Waals surface area contributed by atoms with Crippen LogP contribution in [0.25, 0.3) is 0 Å². The minimum absolute atomic E-state index is 0.904. The molecule has 1 nitrogen and oxygen atoms in total. The Morgan fingerprint density at radius 3 is 2.13 bits per heavy atom. The molecule has 2 atom stereocenters. The van der Waals surface area contributed by atoms with Crippen LogP contribution in [0.4, 0.5) is 0 Å². The Labute approximate surface area is 97.0 Å². The number of hydrogen-bond donors (Lipinski definition) is 1. The van der Waals surface area contributed by atoms with Gasteiger partial charge in [0.2, 0.25) is 0 Å². The molecule has 0 aliphatic heterocycles. The van der Waals surface area contributed by atoms with Crippen LogP contribution >= 0.6 is 0 Å². The highest BCUT2D eigenvalue weighted by atomic mass is 14.8. The lowest BCUT2D eigenvalue weighted by molar-refractivity contribution is 0.316. The van der Waals surface area contributed by atoms with Crippen molar-refractivity contribution in [3.63, 3.8) is 0 Å². The molecule has 0 rings (SSSR count). The summed E-state index contributed by atoms with van der Waals surface area (Å²) in [6.07, 6.45) is 9.73. The van der Waals surface area contributed by atoms with Gasteiger partial charge in [0.1, 0.15) is 0 Å². The molecule has 0 aromatic rings. The fraction of sp³-hybridized carbons (Fsp3) is 1.00. The van der Waals surface area contributed by atoms with Crippen molar-refractivity contribution in [1.82, 2.24) is 5.32 Å². The van der Waals surface area contributed by atoms with Crippen LogP contribution in [-0.4, -0.2) is 13.6 Å². The first-order chi connectivity index (χ1) is 7.28. The predicted octanol–water partition coefficient (Wildman–Crippen LogP) is 4.23. The average Bonchev–Trinajstić information content (AvgIpc) is 2.24. The van der Waals surface area contributed by atoms with Crippen molar-refractivity contribution < 1.29 is 0 Å². The summed E-state index contributed by atoms with van der Waals surface area (Å²) in [6, 6.07) is 0. The lowest BCUT2D eigenvalue weighted by atomic mass is 9.86. The normalized spacial score (nSPS) is 15.2. The van der Waals surface area contributed by atoms with Gasteiger partial charge < -0.3 is 5.32 Å². The topological polar surface area (TPSA) is 12.0 Å². The highest BCUT2D eigenvalue weighted by Crippen LogP contribution is 2.23. The van der Waals surface area contributed by atoms with Crippen LogP contribution in [0.1, 0.15) is 65.7 Å². The molecule has 0 aliphatic carbocycles. The molecule has 0 heterocycles. The molecule has 0 aromatic heterocycles. The number of rotatable bonds is 10. The smallest absolute Gasteiger partial charge is 0.00234 e. The molecule has 0 saturated heterocycles. The van der Waals surface area contributed by atoms with Crippen molar-refractivity contribution in [2.75, 3.05) is 13.6 Å². The fourth-order valence-electron chi connectivity index (χ4n) is 2.45. The van der Waals surface area contributed by atoms with Crippen LogP contribution in [-0.2, 0) is 0 Å². The fourth-order valence-corrected chi connectivity index (χ4v) is 2.45. The largest absolute Gasteiger partial charge is 0.319 e. The molecule has 0 aromatic carbocycles. The number of nitrogens with one attached hydrogen (secondary N) is 1. The summed E-state index contributed by atoms with van der Waals surface area (Å²) in [6.45, 7) is 8.15. The van der Waals surface area contributed by atoms with Gasteiger partial charge in [-0.25, -0.2) is 0 Å². The molecule has 0 radical (unpaired) electrons. The maximum absolute atomic E-state index is 3.34. The highest BCUT2D eigenvalue weighted by molar-refractivity contribution is 4.67. The summed E-state index contributed by atoms with van der Waals surface area (Å²) in [4.78, 5) is 0. The van der Waals surface area contributed by atoms with E-state index in [-0.39, 0.29) is 0 Å². The highest BCUT2D eigenvalue weighted by Gasteiger charge is 2.13. The van der Waals surface area contributed by atoms with Gasteiger partial charge in [-0.3, -0.25) is 0 Å². The van der Waals surface area contributed by atoms with E-state index in [2.05, 4.69) is 33.1 Å². The van der Waals surface area contributed by atoms with Gasteiger partial charge >= 0.3 is 0 Å². The Morgan fingerprint density at radius 2 is 1.67 bits per heavy atom. The Bertz CT molecular complexity index is 117. The third kappa shape index (κ3) is 7.84. The zero-order valence-electron chi connectivity index (χ0n) is 11.3. The maximum Gasteiger partial charge on any atom is -0.00234 e. The van der Waals surface area contributed by atoms with Crippen molar-refractivity contribution in [1.29, 1.82) is 0 Å². The van der Waals surface area contributed by atoms with E-state index in [9.17, 15) is 0 Å². The Morgan fingerprint density at radius 1 is 0.933 bits per heavy atom. The molecule has 1 N–H and O–H groups in total. The molecule has 15 heavy (non-hydrogen) atoms. The molecule has 0 fully saturated rings. The summed E-state index contributed by atoms with van der Waals surface area (Å²) < 4.78 is 0. The van der Waals surface area contributed by atoms with Crippen LogP contribution in [0.15, 0.2) is 0 Å². The standard InChI is InChI=1S/C14H31N/c1-5-8-10-13(7-3)11-14(9-6-2)12-15-4/h13-15H,5-12H2,1-4H3. The van der Waals surface area contributed by atoms with Crippen LogP contribution in [0.5, 0.6) is 0 Å². The van der Waals surface area contributed by atoms with Crippen molar-refractivity contribution in [3.8, 4) is 0 Å². The second kappa shape index (κ2) is 10.5. The van der Waals surface area contributed by atoms with Crippen LogP contribution in [0.2, 0.25) is 0 Å². The van der Waals surface area contributed by atoms with Gasteiger partial charge in [0, 0.05) is 0 Å². The zero-order valence-corrected chi connectivity index (χ0v) is 11.3. The molecule has 0 aliphatic rings. The monoisotopic (exact) mass is 213 g/mol. The molecule has 1 heteroatoms. The van der Waals surface area contributed by atoms with E-state index in [1.807, 2.05) is 0 Å². The van der Waals surface area contributed by atoms with Crippen LogP contribution in [0, 0.1) is 11.8 Å². The van der Waals surface area contributed by atoms with E-state index < -0.39 is 0 Å². The first kappa shape index (κ1) is 15.0. The van der Waals surface area contributed by atoms with Gasteiger partial charge in [0.25, 0.3) is 0 Å².